The van der Waals surface area contributed by atoms with Gasteiger partial charge in [-0.05, 0) is 66.6 Å². The molecule has 0 spiro atoms. The third-order valence-electron chi connectivity index (χ3n) is 4.67. The maximum absolute atomic E-state index is 13.1. The molecule has 9 heteroatoms. The molecule has 0 aliphatic carbocycles. The van der Waals surface area contributed by atoms with Crippen molar-refractivity contribution in [2.24, 2.45) is 0 Å². The summed E-state index contributed by atoms with van der Waals surface area (Å²) in [6, 6.07) is 16.4. The highest BCUT2D eigenvalue weighted by Crippen LogP contribution is 2.38. The van der Waals surface area contributed by atoms with E-state index >= 15 is 0 Å². The van der Waals surface area contributed by atoms with Gasteiger partial charge in [-0.2, -0.15) is 5.26 Å². The summed E-state index contributed by atoms with van der Waals surface area (Å²) in [4.78, 5) is 23.7. The van der Waals surface area contributed by atoms with Crippen LogP contribution in [0.5, 0.6) is 11.5 Å². The fourth-order valence-electron chi connectivity index (χ4n) is 3.05. The van der Waals surface area contributed by atoms with Gasteiger partial charge >= 0.3 is 5.97 Å². The van der Waals surface area contributed by atoms with Crippen molar-refractivity contribution < 1.29 is 28.6 Å². The van der Waals surface area contributed by atoms with Crippen LogP contribution in [-0.4, -0.2) is 23.6 Å². The lowest BCUT2D eigenvalue weighted by atomic mass is 10.1. The average Bonchev–Trinajstić information content (AvgIpc) is 2.83. The van der Waals surface area contributed by atoms with Crippen LogP contribution in [0.25, 0.3) is 6.08 Å². The van der Waals surface area contributed by atoms with Gasteiger partial charge in [0.25, 0.3) is 5.91 Å². The van der Waals surface area contributed by atoms with Crippen LogP contribution in [0.1, 0.15) is 28.4 Å². The molecule has 0 unspecified atom stereocenters. The second-order valence-corrected chi connectivity index (χ2v) is 7.60. The van der Waals surface area contributed by atoms with Gasteiger partial charge in [-0.15, -0.1) is 0 Å². The van der Waals surface area contributed by atoms with Crippen LogP contribution in [-0.2, 0) is 11.4 Å². The number of aromatic carboxylic acids is 1. The molecule has 0 aromatic heterocycles. The Hall–Kier alpha value is -4.35. The minimum Gasteiger partial charge on any atom is -0.490 e. The number of hydrogen-bond donors (Lipinski definition) is 2. The maximum Gasteiger partial charge on any atom is 0.335 e. The van der Waals surface area contributed by atoms with Gasteiger partial charge in [0, 0.05) is 5.69 Å². The molecule has 3 aromatic carbocycles. The highest BCUT2D eigenvalue weighted by atomic mass is 35.5. The lowest BCUT2D eigenvalue weighted by molar-refractivity contribution is -0.112. The van der Waals surface area contributed by atoms with Gasteiger partial charge in [-0.25, -0.2) is 9.18 Å². The Balaban J connectivity index is 1.84. The third kappa shape index (κ3) is 6.82. The summed E-state index contributed by atoms with van der Waals surface area (Å²) >= 11 is 6.41. The highest BCUT2D eigenvalue weighted by Gasteiger charge is 2.15. The minimum absolute atomic E-state index is 0.00495. The van der Waals surface area contributed by atoms with Gasteiger partial charge in [-0.1, -0.05) is 29.8 Å². The van der Waals surface area contributed by atoms with E-state index in [1.165, 1.54) is 48.5 Å². The van der Waals surface area contributed by atoms with Crippen LogP contribution >= 0.6 is 11.6 Å². The van der Waals surface area contributed by atoms with E-state index < -0.39 is 11.9 Å². The molecule has 0 fully saturated rings. The first-order valence-electron chi connectivity index (χ1n) is 10.4. The molecule has 3 rings (SSSR count). The van der Waals surface area contributed by atoms with Gasteiger partial charge in [0.2, 0.25) is 0 Å². The van der Waals surface area contributed by atoms with Crippen LogP contribution in [0.15, 0.2) is 66.2 Å². The van der Waals surface area contributed by atoms with Gasteiger partial charge in [0.1, 0.15) is 24.1 Å². The number of benzene rings is 3. The molecule has 0 aliphatic heterocycles. The predicted octanol–water partition coefficient (Wildman–Crippen LogP) is 5.70. The molecule has 0 saturated heterocycles. The molecule has 0 aliphatic rings. The number of nitriles is 1. The van der Waals surface area contributed by atoms with Crippen molar-refractivity contribution >= 4 is 35.2 Å². The molecule has 2 N–H and O–H groups in total. The first-order chi connectivity index (χ1) is 16.8. The summed E-state index contributed by atoms with van der Waals surface area (Å²) in [7, 11) is 0. The molecule has 0 heterocycles. The van der Waals surface area contributed by atoms with Gasteiger partial charge in [0.15, 0.2) is 11.5 Å². The second-order valence-electron chi connectivity index (χ2n) is 7.19. The fraction of sp³-hybridized carbons (Fsp3) is 0.115. The van der Waals surface area contributed by atoms with E-state index in [2.05, 4.69) is 5.32 Å². The molecule has 35 heavy (non-hydrogen) atoms. The van der Waals surface area contributed by atoms with Crippen molar-refractivity contribution in [3.8, 4) is 17.6 Å². The second kappa shape index (κ2) is 11.7. The van der Waals surface area contributed by atoms with Crippen molar-refractivity contribution in [3.05, 3.63) is 93.8 Å². The Morgan fingerprint density at radius 3 is 2.54 bits per heavy atom. The first-order valence-corrected chi connectivity index (χ1v) is 10.8. The number of hydrogen-bond acceptors (Lipinski definition) is 5. The molecule has 0 atom stereocenters. The molecule has 0 saturated carbocycles. The SMILES string of the molecule is CCOc1cc(/C=C(/C#N)C(=O)Nc2cccc(C(=O)O)c2)cc(Cl)c1OCc1ccc(F)cc1. The molecule has 1 amide bonds. The van der Waals surface area contributed by atoms with Crippen LogP contribution in [0.2, 0.25) is 5.02 Å². The average molecular weight is 495 g/mol. The largest absolute Gasteiger partial charge is 0.490 e. The predicted molar refractivity (Wildman–Crippen MR) is 129 cm³/mol. The number of carbonyl (C=O) groups excluding carboxylic acids is 1. The van der Waals surface area contributed by atoms with Gasteiger partial charge in [0.05, 0.1) is 17.2 Å². The summed E-state index contributed by atoms with van der Waals surface area (Å²) in [6.45, 7) is 2.21. The summed E-state index contributed by atoms with van der Waals surface area (Å²) in [5, 5.41) is 21.3. The normalized spacial score (nSPS) is 10.9. The minimum atomic E-state index is -1.14. The zero-order valence-electron chi connectivity index (χ0n) is 18.5. The standard InChI is InChI=1S/C26H20ClFN2O5/c1-2-34-23-12-17(11-22(27)24(23)35-15-16-6-8-20(28)9-7-16)10-19(14-29)25(31)30-21-5-3-4-18(13-21)26(32)33/h3-13H,2,15H2,1H3,(H,30,31)(H,32,33)/b19-10-. The van der Waals surface area contributed by atoms with Crippen LogP contribution in [0, 0.1) is 17.1 Å². The molecular weight excluding hydrogens is 475 g/mol. The van der Waals surface area contributed by atoms with Crippen molar-refractivity contribution in [1.29, 1.82) is 5.26 Å². The van der Waals surface area contributed by atoms with E-state index in [0.29, 0.717) is 17.9 Å². The number of nitrogens with one attached hydrogen (secondary N) is 1. The Labute approximate surface area is 206 Å². The number of amides is 1. The summed E-state index contributed by atoms with van der Waals surface area (Å²) in [5.41, 5.74) is 1.13. The summed E-state index contributed by atoms with van der Waals surface area (Å²) in [6.07, 6.45) is 1.33. The number of nitrogens with zero attached hydrogens (tertiary/aromatic N) is 1. The highest BCUT2D eigenvalue weighted by molar-refractivity contribution is 6.32. The Morgan fingerprint density at radius 1 is 1.14 bits per heavy atom. The quantitative estimate of drug-likeness (QED) is 0.292. The number of carbonyl (C=O) groups is 2. The van der Waals surface area contributed by atoms with E-state index in [1.807, 2.05) is 6.07 Å². The Bertz CT molecular complexity index is 1320. The van der Waals surface area contributed by atoms with Crippen LogP contribution in [0.4, 0.5) is 10.1 Å². The summed E-state index contributed by atoms with van der Waals surface area (Å²) < 4.78 is 24.6. The van der Waals surface area contributed by atoms with Gasteiger partial charge in [-0.3, -0.25) is 4.79 Å². The lowest BCUT2D eigenvalue weighted by Crippen LogP contribution is -2.14. The van der Waals surface area contributed by atoms with E-state index in [-0.39, 0.29) is 40.0 Å². The van der Waals surface area contributed by atoms with E-state index in [4.69, 9.17) is 26.2 Å². The van der Waals surface area contributed by atoms with Crippen molar-refractivity contribution in [2.75, 3.05) is 11.9 Å². The molecule has 0 bridgehead atoms. The van der Waals surface area contributed by atoms with Crippen LogP contribution in [0.3, 0.4) is 0 Å². The summed E-state index contributed by atoms with van der Waals surface area (Å²) in [5.74, 6) is -1.65. The Morgan fingerprint density at radius 2 is 1.89 bits per heavy atom. The van der Waals surface area contributed by atoms with Crippen LogP contribution < -0.4 is 14.8 Å². The maximum atomic E-state index is 13.1. The fourth-order valence-corrected chi connectivity index (χ4v) is 3.33. The number of carboxylic acid groups (broad SMARTS) is 1. The number of ether oxygens (including phenoxy) is 2. The van der Waals surface area contributed by atoms with Crippen molar-refractivity contribution in [1.82, 2.24) is 0 Å². The number of rotatable bonds is 9. The van der Waals surface area contributed by atoms with E-state index in [9.17, 15) is 19.2 Å². The zero-order valence-corrected chi connectivity index (χ0v) is 19.3. The smallest absolute Gasteiger partial charge is 0.335 e. The zero-order chi connectivity index (χ0) is 25.4. The van der Waals surface area contributed by atoms with Gasteiger partial charge < -0.3 is 19.9 Å². The number of anilines is 1. The number of carboxylic acids is 1. The molecular formula is C26H20ClFN2O5. The molecule has 0 radical (unpaired) electrons. The third-order valence-corrected chi connectivity index (χ3v) is 4.95. The van der Waals surface area contributed by atoms with Crippen molar-refractivity contribution in [2.45, 2.75) is 13.5 Å². The van der Waals surface area contributed by atoms with E-state index in [1.54, 1.807) is 25.1 Å². The topological polar surface area (TPSA) is 109 Å². The molecule has 7 nitrogen and oxygen atoms in total. The molecule has 178 valence electrons. The van der Waals surface area contributed by atoms with Crippen molar-refractivity contribution in [3.63, 3.8) is 0 Å². The molecule has 3 aromatic rings. The lowest BCUT2D eigenvalue weighted by Gasteiger charge is -2.15. The Kier molecular flexibility index (Phi) is 8.43. The van der Waals surface area contributed by atoms with E-state index in [0.717, 1.165) is 5.56 Å². The number of halogens is 2. The first kappa shape index (κ1) is 25.3. The monoisotopic (exact) mass is 494 g/mol.